The first-order chi connectivity index (χ1) is 11.3. The van der Waals surface area contributed by atoms with Crippen molar-refractivity contribution in [1.29, 1.82) is 0 Å². The Bertz CT molecular complexity index is 504. The van der Waals surface area contributed by atoms with E-state index >= 15 is 0 Å². The highest BCUT2D eigenvalue weighted by Gasteiger charge is 2.74. The summed E-state index contributed by atoms with van der Waals surface area (Å²) in [5, 5.41) is 21.7. The molecule has 7 atom stereocenters. The summed E-state index contributed by atoms with van der Waals surface area (Å²) in [4.78, 5) is 0. The van der Waals surface area contributed by atoms with Crippen molar-refractivity contribution < 1.29 is 29.2 Å². The summed E-state index contributed by atoms with van der Waals surface area (Å²) >= 11 is 0. The van der Waals surface area contributed by atoms with Crippen molar-refractivity contribution in [1.82, 2.24) is 0 Å². The lowest BCUT2D eigenvalue weighted by Gasteiger charge is -2.60. The fourth-order valence-electron chi connectivity index (χ4n) is 5.22. The molecule has 0 aromatic rings. The van der Waals surface area contributed by atoms with Crippen LogP contribution < -0.4 is 0 Å². The second-order valence-corrected chi connectivity index (χ2v) is 8.04. The third-order valence-electron chi connectivity index (χ3n) is 6.26. The van der Waals surface area contributed by atoms with Crippen LogP contribution >= 0.6 is 0 Å². The maximum Gasteiger partial charge on any atom is 0.161 e. The van der Waals surface area contributed by atoms with E-state index < -0.39 is 24.1 Å². The van der Waals surface area contributed by atoms with Crippen LogP contribution in [0.15, 0.2) is 11.6 Å². The lowest BCUT2D eigenvalue weighted by molar-refractivity contribution is -0.272. The molecule has 0 spiro atoms. The van der Waals surface area contributed by atoms with Gasteiger partial charge in [-0.25, -0.2) is 0 Å². The normalized spacial score (nSPS) is 49.2. The van der Waals surface area contributed by atoms with Crippen LogP contribution in [0.5, 0.6) is 0 Å². The molecule has 138 valence electrons. The highest BCUT2D eigenvalue weighted by Crippen LogP contribution is 2.67. The Hall–Kier alpha value is -0.500. The molecule has 0 amide bonds. The zero-order chi connectivity index (χ0) is 17.7. The summed E-state index contributed by atoms with van der Waals surface area (Å²) in [7, 11) is 3.20. The molecule has 2 bridgehead atoms. The van der Waals surface area contributed by atoms with Gasteiger partial charge in [0.1, 0.15) is 18.5 Å². The molecule has 0 radical (unpaired) electrons. The van der Waals surface area contributed by atoms with Gasteiger partial charge in [0.15, 0.2) is 6.29 Å². The Morgan fingerprint density at radius 1 is 1.29 bits per heavy atom. The van der Waals surface area contributed by atoms with Crippen LogP contribution in [0.3, 0.4) is 0 Å². The lowest BCUT2D eigenvalue weighted by Crippen LogP contribution is -2.67. The number of methoxy groups -OCH3 is 2. The van der Waals surface area contributed by atoms with Crippen LogP contribution in [0.1, 0.15) is 33.6 Å². The van der Waals surface area contributed by atoms with Crippen LogP contribution in [0.2, 0.25) is 0 Å². The van der Waals surface area contributed by atoms with E-state index in [1.165, 1.54) is 0 Å². The Balaban J connectivity index is 2.04. The summed E-state index contributed by atoms with van der Waals surface area (Å²) in [5.74, 6) is -0.244. The first-order valence-corrected chi connectivity index (χ1v) is 8.63. The van der Waals surface area contributed by atoms with Gasteiger partial charge in [-0.15, -0.1) is 0 Å². The average Bonchev–Trinajstić information content (AvgIpc) is 2.77. The van der Waals surface area contributed by atoms with Crippen LogP contribution in [-0.2, 0) is 18.9 Å². The standard InChI is InChI=1S/C18H30O6/c1-10-6-12(22-5)15(23-9-21-4)14-11-8-17(2,3)18(11,13(19)7-10)24-16(14)20/h6,11-16,19-20H,7-9H2,1-5H3/b10-6-/t11-,12-,13+,14+,15+,16-,18-/m1/s1. The molecule has 0 aromatic carbocycles. The first kappa shape index (κ1) is 18.3. The zero-order valence-corrected chi connectivity index (χ0v) is 15.2. The minimum absolute atomic E-state index is 0.0244. The Morgan fingerprint density at radius 3 is 2.58 bits per heavy atom. The molecule has 2 aliphatic carbocycles. The van der Waals surface area contributed by atoms with Crippen molar-refractivity contribution in [3.05, 3.63) is 11.6 Å². The van der Waals surface area contributed by atoms with Crippen LogP contribution in [0.25, 0.3) is 0 Å². The van der Waals surface area contributed by atoms with Crippen LogP contribution in [-0.4, -0.2) is 61.4 Å². The zero-order valence-electron chi connectivity index (χ0n) is 15.2. The van der Waals surface area contributed by atoms with Crippen molar-refractivity contribution >= 4 is 0 Å². The number of hydrogen-bond acceptors (Lipinski definition) is 6. The molecule has 24 heavy (non-hydrogen) atoms. The molecule has 6 nitrogen and oxygen atoms in total. The van der Waals surface area contributed by atoms with Crippen molar-refractivity contribution in [2.24, 2.45) is 17.3 Å². The maximum absolute atomic E-state index is 11.0. The van der Waals surface area contributed by atoms with E-state index in [4.69, 9.17) is 18.9 Å². The third-order valence-corrected chi connectivity index (χ3v) is 6.26. The highest BCUT2D eigenvalue weighted by atomic mass is 16.7. The van der Waals surface area contributed by atoms with E-state index in [0.717, 1.165) is 12.0 Å². The van der Waals surface area contributed by atoms with E-state index in [-0.39, 0.29) is 30.1 Å². The summed E-state index contributed by atoms with van der Waals surface area (Å²) < 4.78 is 22.7. The Labute approximate surface area is 143 Å². The number of aliphatic hydroxyl groups is 2. The minimum Gasteiger partial charge on any atom is -0.390 e. The Morgan fingerprint density at radius 2 is 2.00 bits per heavy atom. The van der Waals surface area contributed by atoms with Crippen LogP contribution in [0.4, 0.5) is 0 Å². The third kappa shape index (κ3) is 2.47. The van der Waals surface area contributed by atoms with Gasteiger partial charge in [-0.05, 0) is 25.2 Å². The van der Waals surface area contributed by atoms with E-state index in [1.54, 1.807) is 14.2 Å². The number of rotatable bonds is 4. The fourth-order valence-corrected chi connectivity index (χ4v) is 5.22. The summed E-state index contributed by atoms with van der Waals surface area (Å²) in [6.07, 6.45) is 0.977. The van der Waals surface area contributed by atoms with Gasteiger partial charge in [-0.2, -0.15) is 0 Å². The van der Waals surface area contributed by atoms with E-state index in [9.17, 15) is 10.2 Å². The number of ether oxygens (including phenoxy) is 4. The minimum atomic E-state index is -0.988. The summed E-state index contributed by atoms with van der Waals surface area (Å²) in [5.41, 5.74) is 0.0804. The predicted octanol–water partition coefficient (Wildman–Crippen LogP) is 1.45. The molecule has 0 aromatic heterocycles. The van der Waals surface area contributed by atoms with Gasteiger partial charge in [0.25, 0.3) is 0 Å². The van der Waals surface area contributed by atoms with Crippen molar-refractivity contribution in [3.63, 3.8) is 0 Å². The fraction of sp³-hybridized carbons (Fsp3) is 0.889. The summed E-state index contributed by atoms with van der Waals surface area (Å²) in [6, 6.07) is 0. The van der Waals surface area contributed by atoms with Gasteiger partial charge in [-0.3, -0.25) is 0 Å². The molecule has 1 saturated heterocycles. The number of hydrogen-bond donors (Lipinski definition) is 2. The second-order valence-electron chi connectivity index (χ2n) is 8.04. The van der Waals surface area contributed by atoms with Crippen molar-refractivity contribution in [2.75, 3.05) is 21.0 Å². The molecule has 6 heteroatoms. The lowest BCUT2D eigenvalue weighted by atomic mass is 9.47. The van der Waals surface area contributed by atoms with Crippen molar-refractivity contribution in [2.45, 2.75) is 63.8 Å². The molecule has 2 N–H and O–H groups in total. The molecule has 1 aliphatic heterocycles. The molecule has 3 rings (SSSR count). The Kier molecular flexibility index (Phi) is 4.83. The van der Waals surface area contributed by atoms with E-state index in [2.05, 4.69) is 13.8 Å². The monoisotopic (exact) mass is 342 g/mol. The summed E-state index contributed by atoms with van der Waals surface area (Å²) in [6.45, 7) is 6.29. The SMILES string of the molecule is COCO[C@@H]1[C@H]2[C@H](O)O[C@]3([C@@H]2CC3(C)C)[C@@H](O)C/C(C)=C\[C@H]1OC. The van der Waals surface area contributed by atoms with Gasteiger partial charge >= 0.3 is 0 Å². The average molecular weight is 342 g/mol. The first-order valence-electron chi connectivity index (χ1n) is 8.63. The largest absolute Gasteiger partial charge is 0.390 e. The topological polar surface area (TPSA) is 77.4 Å². The molecule has 2 fully saturated rings. The number of aliphatic hydroxyl groups excluding tert-OH is 2. The van der Waals surface area contributed by atoms with Gasteiger partial charge in [0, 0.05) is 26.1 Å². The maximum atomic E-state index is 11.0. The van der Waals surface area contributed by atoms with Gasteiger partial charge in [-0.1, -0.05) is 25.5 Å². The molecule has 1 heterocycles. The highest BCUT2D eigenvalue weighted by molar-refractivity contribution is 5.24. The van der Waals surface area contributed by atoms with Crippen molar-refractivity contribution in [3.8, 4) is 0 Å². The molecule has 0 unspecified atom stereocenters. The van der Waals surface area contributed by atoms with Gasteiger partial charge in [0.2, 0.25) is 0 Å². The quantitative estimate of drug-likeness (QED) is 0.595. The second kappa shape index (κ2) is 6.34. The van der Waals surface area contributed by atoms with E-state index in [1.807, 2.05) is 13.0 Å². The smallest absolute Gasteiger partial charge is 0.161 e. The molecule has 3 aliphatic rings. The molecular formula is C18H30O6. The van der Waals surface area contributed by atoms with Gasteiger partial charge < -0.3 is 29.2 Å². The predicted molar refractivity (Wildman–Crippen MR) is 87.1 cm³/mol. The van der Waals surface area contributed by atoms with Crippen LogP contribution in [0, 0.1) is 17.3 Å². The van der Waals surface area contributed by atoms with E-state index in [0.29, 0.717) is 6.42 Å². The molecular weight excluding hydrogens is 312 g/mol. The van der Waals surface area contributed by atoms with Gasteiger partial charge in [0.05, 0.1) is 12.2 Å². The molecule has 1 saturated carbocycles.